The maximum absolute atomic E-state index is 2.24. The molecule has 0 aliphatic carbocycles. The van der Waals surface area contributed by atoms with E-state index in [9.17, 15) is 0 Å². The van der Waals surface area contributed by atoms with Crippen molar-refractivity contribution in [1.29, 1.82) is 0 Å². The van der Waals surface area contributed by atoms with E-state index in [1.54, 1.807) is 0 Å². The molecule has 0 unspecified atom stereocenters. The van der Waals surface area contributed by atoms with Gasteiger partial charge in [-0.15, -0.1) is 0 Å². The molecule has 0 amide bonds. The van der Waals surface area contributed by atoms with E-state index in [4.69, 9.17) is 0 Å². The maximum atomic E-state index is 2.24. The van der Waals surface area contributed by atoms with Crippen LogP contribution in [0.15, 0.2) is 255 Å². The lowest BCUT2D eigenvalue weighted by Crippen LogP contribution is -1.81. The lowest BCUT2D eigenvalue weighted by molar-refractivity contribution is 1.09. The first-order valence-electron chi connectivity index (χ1n) is 33.6. The molecule has 524 valence electrons. The number of aryl methyl sites for hydroxylation is 12. The monoisotopic (exact) mass is 1280 g/mol. The van der Waals surface area contributed by atoms with Crippen LogP contribution in [0.2, 0.25) is 0 Å². The summed E-state index contributed by atoms with van der Waals surface area (Å²) in [4.78, 5) is 0. The Balaban J connectivity index is -0.000000104. The Hall–Kier alpha value is -7.80. The Morgan fingerprint density at radius 3 is 0.426 bits per heavy atom. The summed E-state index contributed by atoms with van der Waals surface area (Å²) in [7, 11) is 0. The standard InChI is InChI=1S/3C12H12.3C8H10.2C6H6.C3H8.7C2H6.5CH4/c2*1-9-5-3-7-11-8-4-6-10(2)12(9)11;1-9-7-11-5-3-4-6-12(11)8-10(9)2;3*1-7-5-3-4-6-8(7)2;2*1-2-4-6-5-3-1;1-3-2;7*1-2;;;;;/h3*3-8H,1-2H3;3*3-6H,1-2H3;2*1-6H;3H2,1-2H3;7*1-2H3;5*1H4. The Kier molecular flexibility index (Phi) is 87.0. The molecule has 0 fully saturated rings. The second-order valence-electron chi connectivity index (χ2n) is 19.0. The van der Waals surface area contributed by atoms with Crippen molar-refractivity contribution >= 4 is 32.3 Å². The van der Waals surface area contributed by atoms with E-state index < -0.39 is 0 Å². The van der Waals surface area contributed by atoms with Gasteiger partial charge in [-0.3, -0.25) is 0 Å². The molecular formula is C94H148. The van der Waals surface area contributed by atoms with Gasteiger partial charge in [-0.25, -0.2) is 0 Å². The van der Waals surface area contributed by atoms with Crippen LogP contribution in [0.3, 0.4) is 0 Å². The largest absolute Gasteiger partial charge is 0.0776 e. The van der Waals surface area contributed by atoms with Gasteiger partial charge in [-0.2, -0.15) is 0 Å². The second kappa shape index (κ2) is 75.9. The minimum absolute atomic E-state index is 0. The molecule has 0 spiro atoms. The first kappa shape index (κ1) is 108. The zero-order valence-electron chi connectivity index (χ0n) is 62.0. The van der Waals surface area contributed by atoms with E-state index >= 15 is 0 Å². The molecule has 11 rings (SSSR count). The molecule has 0 bridgehead atoms. The van der Waals surface area contributed by atoms with E-state index in [2.05, 4.69) is 279 Å². The van der Waals surface area contributed by atoms with E-state index in [1.807, 2.05) is 170 Å². The van der Waals surface area contributed by atoms with Crippen LogP contribution in [-0.2, 0) is 0 Å². The molecule has 0 N–H and O–H groups in total. The van der Waals surface area contributed by atoms with Crippen LogP contribution < -0.4 is 0 Å². The van der Waals surface area contributed by atoms with Crippen LogP contribution >= 0.6 is 0 Å². The molecule has 94 heavy (non-hydrogen) atoms. The van der Waals surface area contributed by atoms with Gasteiger partial charge in [0.1, 0.15) is 0 Å². The molecule has 0 heteroatoms. The molecular weight excluding hydrogens is 1130 g/mol. The Bertz CT molecular complexity index is 2820. The van der Waals surface area contributed by atoms with Gasteiger partial charge >= 0.3 is 0 Å². The van der Waals surface area contributed by atoms with Crippen molar-refractivity contribution in [2.75, 3.05) is 0 Å². The van der Waals surface area contributed by atoms with Crippen molar-refractivity contribution in [2.24, 2.45) is 0 Å². The predicted octanol–water partition coefficient (Wildman–Crippen LogP) is 32.4. The molecule has 0 atom stereocenters. The van der Waals surface area contributed by atoms with Crippen molar-refractivity contribution < 1.29 is 0 Å². The molecule has 0 saturated heterocycles. The lowest BCUT2D eigenvalue weighted by Gasteiger charge is -2.04. The molecule has 0 aliphatic rings. The zero-order valence-corrected chi connectivity index (χ0v) is 62.0. The molecule has 0 aromatic heterocycles. The SMILES string of the molecule is C.C.C.C.C.CC.CC.CC.CC.CC.CC.CC.CCC.Cc1cc2ccccc2cc1C.Cc1cccc2cccc(C)c12.Cc1cccc2cccc(C)c12.Cc1ccccc1C.Cc1ccccc1C.Cc1ccccc1C.c1ccccc1.c1ccccc1. The molecule has 0 radical (unpaired) electrons. The van der Waals surface area contributed by atoms with Crippen LogP contribution in [-0.4, -0.2) is 0 Å². The zero-order chi connectivity index (χ0) is 68.8. The molecule has 0 heterocycles. The summed E-state index contributed by atoms with van der Waals surface area (Å²) in [5.41, 5.74) is 16.4. The van der Waals surface area contributed by atoms with Gasteiger partial charge in [-0.1, -0.05) is 409 Å². The average molecular weight is 1280 g/mol. The number of fused-ring (bicyclic) bond motifs is 3. The first-order valence-corrected chi connectivity index (χ1v) is 33.6. The van der Waals surface area contributed by atoms with Crippen molar-refractivity contribution in [3.8, 4) is 0 Å². The molecule has 0 nitrogen and oxygen atoms in total. The topological polar surface area (TPSA) is 0 Å². The maximum Gasteiger partial charge on any atom is -0.0125 e. The number of rotatable bonds is 0. The van der Waals surface area contributed by atoms with Gasteiger partial charge in [0.25, 0.3) is 0 Å². The van der Waals surface area contributed by atoms with Gasteiger partial charge in [-0.05, 0) is 182 Å². The van der Waals surface area contributed by atoms with Crippen molar-refractivity contribution in [3.63, 3.8) is 0 Å². The minimum Gasteiger partial charge on any atom is -0.0776 e. The fourth-order valence-electron chi connectivity index (χ4n) is 7.72. The Labute approximate surface area is 587 Å². The second-order valence-corrected chi connectivity index (χ2v) is 19.0. The fraction of sp³-hybridized carbons (Fsp3) is 0.362. The van der Waals surface area contributed by atoms with Gasteiger partial charge in [0.05, 0.1) is 0 Å². The summed E-state index contributed by atoms with van der Waals surface area (Å²) in [5, 5.41) is 8.16. The Morgan fingerprint density at radius 2 is 0.287 bits per heavy atom. The van der Waals surface area contributed by atoms with Crippen LogP contribution in [0, 0.1) is 83.1 Å². The quantitative estimate of drug-likeness (QED) is 0.142. The number of hydrogen-bond donors (Lipinski definition) is 0. The predicted molar refractivity (Wildman–Crippen MR) is 450 cm³/mol. The highest BCUT2D eigenvalue weighted by atomic mass is 14.0. The summed E-state index contributed by atoms with van der Waals surface area (Å²) in [5.74, 6) is 0. The Morgan fingerprint density at radius 1 is 0.160 bits per heavy atom. The summed E-state index contributed by atoms with van der Waals surface area (Å²) < 4.78 is 0. The summed E-state index contributed by atoms with van der Waals surface area (Å²) in [6.07, 6.45) is 1.25. The highest BCUT2D eigenvalue weighted by molar-refractivity contribution is 5.89. The van der Waals surface area contributed by atoms with Gasteiger partial charge in [0.15, 0.2) is 0 Å². The molecule has 11 aromatic rings. The summed E-state index contributed by atoms with van der Waals surface area (Å²) in [6.45, 7) is 57.9. The van der Waals surface area contributed by atoms with Crippen molar-refractivity contribution in [2.45, 2.75) is 237 Å². The number of benzene rings is 11. The van der Waals surface area contributed by atoms with Gasteiger partial charge in [0, 0.05) is 0 Å². The lowest BCUT2D eigenvalue weighted by atomic mass is 10.0. The summed E-state index contributed by atoms with van der Waals surface area (Å²) in [6, 6.07) is 87.8. The van der Waals surface area contributed by atoms with E-state index in [1.165, 1.54) is 105 Å². The highest BCUT2D eigenvalue weighted by Crippen LogP contribution is 2.23. The number of hydrogen-bond acceptors (Lipinski definition) is 0. The van der Waals surface area contributed by atoms with Crippen LogP contribution in [0.1, 0.15) is 221 Å². The van der Waals surface area contributed by atoms with Crippen molar-refractivity contribution in [1.82, 2.24) is 0 Å². The molecule has 0 aliphatic heterocycles. The van der Waals surface area contributed by atoms with E-state index in [-0.39, 0.29) is 37.1 Å². The van der Waals surface area contributed by atoms with E-state index in [0.717, 1.165) is 0 Å². The molecule has 11 aromatic carbocycles. The van der Waals surface area contributed by atoms with Gasteiger partial charge in [0.2, 0.25) is 0 Å². The normalized spacial score (nSPS) is 8.04. The van der Waals surface area contributed by atoms with Crippen LogP contribution in [0.25, 0.3) is 32.3 Å². The third kappa shape index (κ3) is 49.8. The third-order valence-corrected chi connectivity index (χ3v) is 12.6. The summed E-state index contributed by atoms with van der Waals surface area (Å²) >= 11 is 0. The third-order valence-electron chi connectivity index (χ3n) is 12.6. The first-order chi connectivity index (χ1) is 43.2. The molecule has 0 saturated carbocycles. The highest BCUT2D eigenvalue weighted by Gasteiger charge is 1.99. The van der Waals surface area contributed by atoms with Crippen LogP contribution in [0.4, 0.5) is 0 Å². The fourth-order valence-corrected chi connectivity index (χ4v) is 7.72. The van der Waals surface area contributed by atoms with Crippen molar-refractivity contribution in [3.05, 3.63) is 322 Å². The minimum atomic E-state index is 0. The van der Waals surface area contributed by atoms with Crippen LogP contribution in [0.5, 0.6) is 0 Å². The average Bonchev–Trinajstić information content (AvgIpc) is 0.870. The van der Waals surface area contributed by atoms with E-state index in [0.29, 0.717) is 0 Å². The smallest absolute Gasteiger partial charge is 0.0125 e. The van der Waals surface area contributed by atoms with Gasteiger partial charge < -0.3 is 0 Å².